The van der Waals surface area contributed by atoms with E-state index in [1.54, 1.807) is 25.3 Å². The predicted octanol–water partition coefficient (Wildman–Crippen LogP) is 1.07. The lowest BCUT2D eigenvalue weighted by Gasteiger charge is -2.09. The van der Waals surface area contributed by atoms with E-state index in [9.17, 15) is 4.79 Å². The normalized spacial score (nSPS) is 9.18. The van der Waals surface area contributed by atoms with Crippen LogP contribution in [0.3, 0.4) is 0 Å². The Bertz CT molecular complexity index is 440. The van der Waals surface area contributed by atoms with Crippen molar-refractivity contribution in [2.45, 2.75) is 0 Å². The van der Waals surface area contributed by atoms with Gasteiger partial charge >= 0.3 is 6.09 Å². The zero-order chi connectivity index (χ0) is 12.7. The number of anilines is 1. The summed E-state index contributed by atoms with van der Waals surface area (Å²) in [6.07, 6.45) is -0.821. The topological polar surface area (TPSA) is 97.4 Å². The highest BCUT2D eigenvalue weighted by Crippen LogP contribution is 2.21. The van der Waals surface area contributed by atoms with E-state index in [0.717, 1.165) is 0 Å². The number of nitrogens with two attached hydrogens (primary N) is 1. The van der Waals surface area contributed by atoms with Crippen molar-refractivity contribution >= 4 is 11.8 Å². The molecule has 6 nitrogen and oxygen atoms in total. The fourth-order valence-electron chi connectivity index (χ4n) is 1.23. The molecule has 0 heterocycles. The summed E-state index contributed by atoms with van der Waals surface area (Å²) in [5.74, 6) is 0.641. The molecule has 0 aliphatic heterocycles. The third kappa shape index (κ3) is 3.91. The Balaban J connectivity index is 2.62. The molecule has 1 aromatic carbocycles. The number of nitrogens with one attached hydrogen (secondary N) is 1. The second-order valence-electron chi connectivity index (χ2n) is 3.12. The molecule has 0 atom stereocenters. The number of methoxy groups -OCH3 is 1. The van der Waals surface area contributed by atoms with Gasteiger partial charge in [0.25, 0.3) is 0 Å². The van der Waals surface area contributed by atoms with Crippen LogP contribution in [-0.2, 0) is 4.74 Å². The minimum atomic E-state index is -0.821. The minimum absolute atomic E-state index is 0.136. The summed E-state index contributed by atoms with van der Waals surface area (Å²) in [7, 11) is 1.54. The van der Waals surface area contributed by atoms with Crippen LogP contribution in [0, 0.1) is 11.3 Å². The van der Waals surface area contributed by atoms with Gasteiger partial charge in [-0.15, -0.1) is 0 Å². The Hall–Kier alpha value is -2.42. The van der Waals surface area contributed by atoms with E-state index in [1.807, 2.05) is 6.07 Å². The van der Waals surface area contributed by atoms with Crippen molar-refractivity contribution in [1.29, 1.82) is 5.26 Å². The van der Waals surface area contributed by atoms with Gasteiger partial charge < -0.3 is 20.5 Å². The Labute approximate surface area is 98.9 Å². The van der Waals surface area contributed by atoms with Crippen LogP contribution in [0.25, 0.3) is 0 Å². The van der Waals surface area contributed by atoms with E-state index in [2.05, 4.69) is 10.1 Å². The molecular weight excluding hydrogens is 222 g/mol. The highest BCUT2D eigenvalue weighted by Gasteiger charge is 2.03. The van der Waals surface area contributed by atoms with Gasteiger partial charge in [-0.2, -0.15) is 5.26 Å². The molecule has 0 saturated heterocycles. The predicted molar refractivity (Wildman–Crippen MR) is 61.7 cm³/mol. The summed E-state index contributed by atoms with van der Waals surface area (Å²) in [5, 5.41) is 11.8. The number of hydrogen-bond acceptors (Lipinski definition) is 5. The van der Waals surface area contributed by atoms with Crippen molar-refractivity contribution in [3.05, 3.63) is 23.8 Å². The van der Waals surface area contributed by atoms with Gasteiger partial charge in [-0.3, -0.25) is 0 Å². The number of amides is 1. The van der Waals surface area contributed by atoms with Crippen molar-refractivity contribution < 1.29 is 14.3 Å². The summed E-state index contributed by atoms with van der Waals surface area (Å²) in [4.78, 5) is 10.3. The van der Waals surface area contributed by atoms with Crippen molar-refractivity contribution in [2.75, 3.05) is 25.6 Å². The number of carbonyl (C=O) groups excluding carboxylic acids is 1. The summed E-state index contributed by atoms with van der Waals surface area (Å²) < 4.78 is 9.60. The molecule has 0 unspecified atom stereocenters. The van der Waals surface area contributed by atoms with Gasteiger partial charge in [-0.1, -0.05) is 0 Å². The molecule has 3 N–H and O–H groups in total. The molecular formula is C11H13N3O3. The molecule has 6 heteroatoms. The molecule has 1 rings (SSSR count). The molecule has 17 heavy (non-hydrogen) atoms. The third-order valence-electron chi connectivity index (χ3n) is 2.01. The van der Waals surface area contributed by atoms with Crippen molar-refractivity contribution in [2.24, 2.45) is 5.73 Å². The van der Waals surface area contributed by atoms with Gasteiger partial charge in [0.05, 0.1) is 18.4 Å². The zero-order valence-corrected chi connectivity index (χ0v) is 9.40. The summed E-state index contributed by atoms with van der Waals surface area (Å²) >= 11 is 0. The first-order chi connectivity index (χ1) is 8.17. The molecule has 0 aliphatic rings. The van der Waals surface area contributed by atoms with Crippen LogP contribution < -0.4 is 15.8 Å². The quantitative estimate of drug-likeness (QED) is 0.744. The maximum atomic E-state index is 10.3. The fraction of sp³-hybridized carbons (Fsp3) is 0.273. The van der Waals surface area contributed by atoms with E-state index < -0.39 is 6.09 Å². The number of primary amides is 1. The molecule has 0 saturated carbocycles. The lowest BCUT2D eigenvalue weighted by molar-refractivity contribution is 0.161. The summed E-state index contributed by atoms with van der Waals surface area (Å²) in [6.45, 7) is 0.502. The number of nitrogens with zero attached hydrogens (tertiary/aromatic N) is 1. The number of nitriles is 1. The lowest BCUT2D eigenvalue weighted by atomic mass is 10.2. The van der Waals surface area contributed by atoms with E-state index in [0.29, 0.717) is 23.5 Å². The average Bonchev–Trinajstić information content (AvgIpc) is 2.34. The van der Waals surface area contributed by atoms with E-state index in [-0.39, 0.29) is 6.61 Å². The molecule has 0 fully saturated rings. The van der Waals surface area contributed by atoms with Gasteiger partial charge in [-0.25, -0.2) is 4.79 Å². The zero-order valence-electron chi connectivity index (χ0n) is 9.40. The van der Waals surface area contributed by atoms with Gasteiger partial charge in [0, 0.05) is 12.6 Å². The maximum absolute atomic E-state index is 10.3. The molecule has 0 aromatic heterocycles. The third-order valence-corrected chi connectivity index (χ3v) is 2.01. The SMILES string of the molecule is COc1ccc(C#N)c(NCCOC(N)=O)c1. The van der Waals surface area contributed by atoms with Crippen LogP contribution in [0.15, 0.2) is 18.2 Å². The molecule has 0 bridgehead atoms. The van der Waals surface area contributed by atoms with E-state index in [1.165, 1.54) is 0 Å². The van der Waals surface area contributed by atoms with Crippen LogP contribution in [0.5, 0.6) is 5.75 Å². The van der Waals surface area contributed by atoms with Crippen LogP contribution in [0.4, 0.5) is 10.5 Å². The average molecular weight is 235 g/mol. The highest BCUT2D eigenvalue weighted by atomic mass is 16.5. The minimum Gasteiger partial charge on any atom is -0.497 e. The number of benzene rings is 1. The van der Waals surface area contributed by atoms with E-state index in [4.69, 9.17) is 15.7 Å². The van der Waals surface area contributed by atoms with Crippen LogP contribution >= 0.6 is 0 Å². The summed E-state index contributed by atoms with van der Waals surface area (Å²) in [6, 6.07) is 7.09. The van der Waals surface area contributed by atoms with Crippen LogP contribution in [0.2, 0.25) is 0 Å². The van der Waals surface area contributed by atoms with Crippen LogP contribution in [-0.4, -0.2) is 26.4 Å². The molecule has 90 valence electrons. The smallest absolute Gasteiger partial charge is 0.404 e. The number of carbonyl (C=O) groups is 1. The number of ether oxygens (including phenoxy) is 2. The molecule has 0 aliphatic carbocycles. The Kier molecular flexibility index (Phi) is 4.63. The first-order valence-corrected chi connectivity index (χ1v) is 4.91. The monoisotopic (exact) mass is 235 g/mol. The molecule has 0 spiro atoms. The Morgan fingerprint density at radius 2 is 2.35 bits per heavy atom. The van der Waals surface area contributed by atoms with Gasteiger partial charge in [0.15, 0.2) is 0 Å². The summed E-state index contributed by atoms with van der Waals surface area (Å²) in [5.41, 5.74) is 5.93. The van der Waals surface area contributed by atoms with Gasteiger partial charge in [0.1, 0.15) is 18.4 Å². The number of rotatable bonds is 5. The largest absolute Gasteiger partial charge is 0.497 e. The molecule has 0 radical (unpaired) electrons. The maximum Gasteiger partial charge on any atom is 0.404 e. The second kappa shape index (κ2) is 6.23. The second-order valence-corrected chi connectivity index (χ2v) is 3.12. The van der Waals surface area contributed by atoms with Crippen molar-refractivity contribution in [3.8, 4) is 11.8 Å². The highest BCUT2D eigenvalue weighted by molar-refractivity contribution is 5.64. The fourth-order valence-corrected chi connectivity index (χ4v) is 1.23. The Morgan fingerprint density at radius 3 is 2.94 bits per heavy atom. The Morgan fingerprint density at radius 1 is 1.59 bits per heavy atom. The van der Waals surface area contributed by atoms with Crippen LogP contribution in [0.1, 0.15) is 5.56 Å². The van der Waals surface area contributed by atoms with Crippen molar-refractivity contribution in [3.63, 3.8) is 0 Å². The van der Waals surface area contributed by atoms with Crippen molar-refractivity contribution in [1.82, 2.24) is 0 Å². The first kappa shape index (κ1) is 12.6. The standard InChI is InChI=1S/C11H13N3O3/c1-16-9-3-2-8(7-12)10(6-9)14-4-5-17-11(13)15/h2-3,6,14H,4-5H2,1H3,(H2,13,15). The lowest BCUT2D eigenvalue weighted by Crippen LogP contribution is -2.18. The molecule has 1 amide bonds. The first-order valence-electron chi connectivity index (χ1n) is 4.91. The number of hydrogen-bond donors (Lipinski definition) is 2. The molecule has 1 aromatic rings. The van der Waals surface area contributed by atoms with Gasteiger partial charge in [0.2, 0.25) is 0 Å². The van der Waals surface area contributed by atoms with E-state index >= 15 is 0 Å². The van der Waals surface area contributed by atoms with Gasteiger partial charge in [-0.05, 0) is 12.1 Å².